The molecular weight excluding hydrogens is 344 g/mol. The van der Waals surface area contributed by atoms with Crippen LogP contribution in [0.25, 0.3) is 0 Å². The molecule has 1 aliphatic carbocycles. The van der Waals surface area contributed by atoms with Crippen molar-refractivity contribution < 1.29 is 9.53 Å². The Hall–Kier alpha value is -3.29. The van der Waals surface area contributed by atoms with Crippen LogP contribution in [0.15, 0.2) is 48.7 Å². The van der Waals surface area contributed by atoms with E-state index in [1.165, 1.54) is 0 Å². The number of nitrogens with one attached hydrogen (secondary N) is 1. The van der Waals surface area contributed by atoms with E-state index in [1.54, 1.807) is 35.1 Å². The fraction of sp³-hybridized carbons (Fsp3) is 0.316. The molecule has 8 heteroatoms. The lowest BCUT2D eigenvalue weighted by Crippen LogP contribution is -2.28. The summed E-state index contributed by atoms with van der Waals surface area (Å²) < 4.78 is 7.50. The second-order valence-electron chi connectivity index (χ2n) is 6.54. The molecule has 1 fully saturated rings. The van der Waals surface area contributed by atoms with Crippen molar-refractivity contribution in [3.05, 3.63) is 65.7 Å². The van der Waals surface area contributed by atoms with Gasteiger partial charge >= 0.3 is 0 Å². The van der Waals surface area contributed by atoms with Crippen molar-refractivity contribution in [1.82, 2.24) is 30.5 Å². The molecule has 1 amide bonds. The molecule has 2 heterocycles. The standard InChI is InChI=1S/C19H20N6O2/c1-13(18-22-23-24-25(18)16-7-8-16)21-19(26)14-5-9-17(10-6-14)27-12-15-4-2-3-11-20-15/h2-6,9-11,13,16H,7-8,12H2,1H3,(H,21,26)/t13-/m1/s1. The Morgan fingerprint density at radius 2 is 2.07 bits per heavy atom. The number of hydrogen-bond acceptors (Lipinski definition) is 6. The highest BCUT2D eigenvalue weighted by Crippen LogP contribution is 2.35. The molecule has 0 bridgehead atoms. The number of pyridine rings is 1. The molecule has 0 aliphatic heterocycles. The largest absolute Gasteiger partial charge is 0.487 e. The van der Waals surface area contributed by atoms with E-state index in [9.17, 15) is 4.79 Å². The predicted octanol–water partition coefficient (Wildman–Crippen LogP) is 2.47. The van der Waals surface area contributed by atoms with Gasteiger partial charge in [0.05, 0.1) is 17.8 Å². The maximum atomic E-state index is 12.5. The number of benzene rings is 1. The molecule has 138 valence electrons. The molecule has 8 nitrogen and oxygen atoms in total. The molecule has 1 aliphatic rings. The highest BCUT2D eigenvalue weighted by atomic mass is 16.5. The van der Waals surface area contributed by atoms with Gasteiger partial charge in [0.1, 0.15) is 12.4 Å². The van der Waals surface area contributed by atoms with Crippen molar-refractivity contribution >= 4 is 5.91 Å². The minimum atomic E-state index is -0.270. The molecule has 0 unspecified atom stereocenters. The van der Waals surface area contributed by atoms with Crippen molar-refractivity contribution in [2.45, 2.75) is 38.5 Å². The van der Waals surface area contributed by atoms with Gasteiger partial charge in [-0.1, -0.05) is 6.07 Å². The normalized spacial score (nSPS) is 14.6. The maximum Gasteiger partial charge on any atom is 0.251 e. The molecule has 1 saturated carbocycles. The van der Waals surface area contributed by atoms with Gasteiger partial charge in [0.15, 0.2) is 5.82 Å². The van der Waals surface area contributed by atoms with E-state index >= 15 is 0 Å². The van der Waals surface area contributed by atoms with Gasteiger partial charge in [-0.05, 0) is 66.6 Å². The first kappa shape index (κ1) is 17.1. The van der Waals surface area contributed by atoms with E-state index < -0.39 is 0 Å². The van der Waals surface area contributed by atoms with Crippen LogP contribution in [0.3, 0.4) is 0 Å². The third-order valence-corrected chi connectivity index (χ3v) is 4.38. The minimum absolute atomic E-state index is 0.177. The van der Waals surface area contributed by atoms with Gasteiger partial charge in [-0.2, -0.15) is 0 Å². The van der Waals surface area contributed by atoms with Crippen molar-refractivity contribution in [3.8, 4) is 5.75 Å². The molecule has 3 aromatic rings. The Balaban J connectivity index is 1.35. The zero-order chi connectivity index (χ0) is 18.6. The van der Waals surface area contributed by atoms with Crippen LogP contribution in [-0.4, -0.2) is 31.1 Å². The molecular formula is C19H20N6O2. The Morgan fingerprint density at radius 3 is 2.78 bits per heavy atom. The highest BCUT2D eigenvalue weighted by molar-refractivity contribution is 5.94. The van der Waals surface area contributed by atoms with Crippen molar-refractivity contribution in [1.29, 1.82) is 0 Å². The molecule has 1 atom stereocenters. The van der Waals surface area contributed by atoms with Gasteiger partial charge in [0.2, 0.25) is 0 Å². The lowest BCUT2D eigenvalue weighted by atomic mass is 10.2. The van der Waals surface area contributed by atoms with Crippen LogP contribution in [0.5, 0.6) is 5.75 Å². The molecule has 2 aromatic heterocycles. The molecule has 27 heavy (non-hydrogen) atoms. The first-order chi connectivity index (χ1) is 13.2. The molecule has 1 aromatic carbocycles. The summed E-state index contributed by atoms with van der Waals surface area (Å²) in [4.78, 5) is 16.7. The highest BCUT2D eigenvalue weighted by Gasteiger charge is 2.30. The van der Waals surface area contributed by atoms with Gasteiger partial charge in [-0.15, -0.1) is 5.10 Å². The second kappa shape index (κ2) is 7.53. The van der Waals surface area contributed by atoms with E-state index in [1.807, 2.05) is 25.1 Å². The quantitative estimate of drug-likeness (QED) is 0.692. The first-order valence-corrected chi connectivity index (χ1v) is 8.92. The maximum absolute atomic E-state index is 12.5. The summed E-state index contributed by atoms with van der Waals surface area (Å²) in [5.41, 5.74) is 1.40. The summed E-state index contributed by atoms with van der Waals surface area (Å²) >= 11 is 0. The van der Waals surface area contributed by atoms with Crippen LogP contribution in [0, 0.1) is 0 Å². The van der Waals surface area contributed by atoms with Gasteiger partial charge in [0, 0.05) is 11.8 Å². The second-order valence-corrected chi connectivity index (χ2v) is 6.54. The van der Waals surface area contributed by atoms with Crippen LogP contribution in [0.1, 0.15) is 53.7 Å². The SMILES string of the molecule is C[C@@H](NC(=O)c1ccc(OCc2ccccn2)cc1)c1nnnn1C1CC1. The number of carbonyl (C=O) groups excluding carboxylic acids is 1. The number of rotatable bonds is 7. The summed E-state index contributed by atoms with van der Waals surface area (Å²) in [6.07, 6.45) is 3.89. The van der Waals surface area contributed by atoms with Crippen LogP contribution >= 0.6 is 0 Å². The molecule has 0 radical (unpaired) electrons. The van der Waals surface area contributed by atoms with E-state index in [-0.39, 0.29) is 11.9 Å². The number of aromatic nitrogens is 5. The monoisotopic (exact) mass is 364 g/mol. The number of nitrogens with zero attached hydrogens (tertiary/aromatic N) is 5. The Bertz CT molecular complexity index is 905. The lowest BCUT2D eigenvalue weighted by molar-refractivity contribution is 0.0937. The molecule has 4 rings (SSSR count). The fourth-order valence-electron chi connectivity index (χ4n) is 2.75. The van der Waals surface area contributed by atoms with Crippen molar-refractivity contribution in [2.75, 3.05) is 0 Å². The fourth-order valence-corrected chi connectivity index (χ4v) is 2.75. The lowest BCUT2D eigenvalue weighted by Gasteiger charge is -2.13. The summed E-state index contributed by atoms with van der Waals surface area (Å²) in [6.45, 7) is 2.26. The van der Waals surface area contributed by atoms with Crippen LogP contribution in [0.4, 0.5) is 0 Å². The summed E-state index contributed by atoms with van der Waals surface area (Å²) in [7, 11) is 0. The summed E-state index contributed by atoms with van der Waals surface area (Å²) in [6, 6.07) is 12.8. The third-order valence-electron chi connectivity index (χ3n) is 4.38. The smallest absolute Gasteiger partial charge is 0.251 e. The van der Waals surface area contributed by atoms with Gasteiger partial charge in [-0.25, -0.2) is 4.68 Å². The molecule has 1 N–H and O–H groups in total. The summed E-state index contributed by atoms with van der Waals surface area (Å²) in [5.74, 6) is 1.19. The van der Waals surface area contributed by atoms with Crippen LogP contribution in [0.2, 0.25) is 0 Å². The van der Waals surface area contributed by atoms with E-state index in [4.69, 9.17) is 4.74 Å². The van der Waals surface area contributed by atoms with Gasteiger partial charge in [0.25, 0.3) is 5.91 Å². The summed E-state index contributed by atoms with van der Waals surface area (Å²) in [5, 5.41) is 14.7. The predicted molar refractivity (Wildman–Crippen MR) is 97.0 cm³/mol. The first-order valence-electron chi connectivity index (χ1n) is 8.92. The third kappa shape index (κ3) is 4.11. The topological polar surface area (TPSA) is 94.8 Å². The molecule has 0 saturated heterocycles. The van der Waals surface area contributed by atoms with Crippen molar-refractivity contribution in [2.24, 2.45) is 0 Å². The Morgan fingerprint density at radius 1 is 1.26 bits per heavy atom. The number of amides is 1. The number of ether oxygens (including phenoxy) is 1. The van der Waals surface area contributed by atoms with Gasteiger partial charge in [-0.3, -0.25) is 9.78 Å². The Labute approximate surface area is 156 Å². The van der Waals surface area contributed by atoms with Crippen molar-refractivity contribution in [3.63, 3.8) is 0 Å². The molecule has 0 spiro atoms. The average Bonchev–Trinajstić information content (AvgIpc) is 3.43. The van der Waals surface area contributed by atoms with E-state index in [0.717, 1.165) is 18.5 Å². The van der Waals surface area contributed by atoms with Gasteiger partial charge < -0.3 is 10.1 Å². The van der Waals surface area contributed by atoms with E-state index in [2.05, 4.69) is 25.8 Å². The number of hydrogen-bond donors (Lipinski definition) is 1. The van der Waals surface area contributed by atoms with Crippen LogP contribution in [-0.2, 0) is 6.61 Å². The Kier molecular flexibility index (Phi) is 4.78. The number of carbonyl (C=O) groups is 1. The zero-order valence-corrected chi connectivity index (χ0v) is 14.9. The average molecular weight is 364 g/mol. The van der Waals surface area contributed by atoms with E-state index in [0.29, 0.717) is 29.8 Å². The number of tetrazole rings is 1. The van der Waals surface area contributed by atoms with Crippen LogP contribution < -0.4 is 10.1 Å². The zero-order valence-electron chi connectivity index (χ0n) is 14.9. The minimum Gasteiger partial charge on any atom is -0.487 e.